The molecule has 5 rings (SSSR count). The maximum Gasteiger partial charge on any atom is 0.350 e. The van der Waals surface area contributed by atoms with Crippen molar-refractivity contribution < 1.29 is 38.6 Å². The monoisotopic (exact) mass is 683 g/mol. The Bertz CT molecular complexity index is 1830. The number of carbonyl (C=O) groups is 3. The summed E-state index contributed by atoms with van der Waals surface area (Å²) in [6, 6.07) is 7.51. The fourth-order valence-corrected chi connectivity index (χ4v) is 7.19. The van der Waals surface area contributed by atoms with Gasteiger partial charge in [0.25, 0.3) is 0 Å². The summed E-state index contributed by atoms with van der Waals surface area (Å²) in [6.07, 6.45) is 6.44. The van der Waals surface area contributed by atoms with Gasteiger partial charge in [0.2, 0.25) is 17.2 Å². The summed E-state index contributed by atoms with van der Waals surface area (Å²) >= 11 is 0. The zero-order chi connectivity index (χ0) is 36.5. The second-order valence-corrected chi connectivity index (χ2v) is 13.5. The van der Waals surface area contributed by atoms with Crippen LogP contribution in [0.15, 0.2) is 53.9 Å². The van der Waals surface area contributed by atoms with Gasteiger partial charge in [-0.3, -0.25) is 9.59 Å². The minimum atomic E-state index is -1.17. The van der Waals surface area contributed by atoms with Crippen molar-refractivity contribution in [1.29, 1.82) is 0 Å². The van der Waals surface area contributed by atoms with Crippen molar-refractivity contribution >= 4 is 34.6 Å². The first-order valence-electron chi connectivity index (χ1n) is 17.5. The highest BCUT2D eigenvalue weighted by molar-refractivity contribution is 6.30. The van der Waals surface area contributed by atoms with Gasteiger partial charge in [0, 0.05) is 72.9 Å². The third kappa shape index (κ3) is 6.67. The number of ketones is 1. The molecule has 2 aromatic rings. The van der Waals surface area contributed by atoms with E-state index in [0.717, 1.165) is 46.7 Å². The summed E-state index contributed by atoms with van der Waals surface area (Å²) in [5.74, 6) is -1.87. The lowest BCUT2D eigenvalue weighted by molar-refractivity contribution is -0.525. The Morgan fingerprint density at radius 3 is 2.38 bits per heavy atom. The number of benzene rings is 2. The zero-order valence-corrected chi connectivity index (χ0v) is 30.4. The van der Waals surface area contributed by atoms with E-state index in [9.17, 15) is 24.6 Å². The number of allylic oxidation sites excluding steroid dienone is 5. The van der Waals surface area contributed by atoms with Crippen molar-refractivity contribution in [2.24, 2.45) is 11.8 Å². The van der Waals surface area contributed by atoms with Crippen LogP contribution in [0.2, 0.25) is 0 Å². The van der Waals surface area contributed by atoms with Crippen LogP contribution in [-0.4, -0.2) is 71.4 Å². The number of fused-ring (bicyclic) bond motifs is 1. The van der Waals surface area contributed by atoms with Crippen molar-refractivity contribution in [1.82, 2.24) is 5.32 Å². The average Bonchev–Trinajstić information content (AvgIpc) is 3.10. The molecule has 1 amide bonds. The number of aromatic hydroxyl groups is 1. The maximum atomic E-state index is 13.5. The SMILES string of the molecule is CCN(CC)c1ccc(C2=C([O-])C(C3C=CC(=[N+](CC)CCOC(=O)C4(C)CCc5c(C)c(O)c(C)c(C)c5O4)C=C3NC(C)=O)C2=O)cc1. The smallest absolute Gasteiger partial charge is 0.350 e. The molecule has 3 unspecified atom stereocenters. The number of amides is 1. The first kappa shape index (κ1) is 36.4. The van der Waals surface area contributed by atoms with Crippen LogP contribution in [-0.2, 0) is 25.5 Å². The molecule has 0 radical (unpaired) electrons. The third-order valence-corrected chi connectivity index (χ3v) is 10.5. The zero-order valence-electron chi connectivity index (χ0n) is 30.4. The van der Waals surface area contributed by atoms with Crippen LogP contribution in [0.4, 0.5) is 5.69 Å². The molecule has 2 aromatic carbocycles. The Balaban J connectivity index is 1.30. The Morgan fingerprint density at radius 1 is 1.10 bits per heavy atom. The van der Waals surface area contributed by atoms with Crippen LogP contribution in [0.3, 0.4) is 0 Å². The number of phenolic OH excluding ortho intramolecular Hbond substituents is 1. The van der Waals surface area contributed by atoms with E-state index in [-0.39, 0.29) is 35.4 Å². The predicted octanol–water partition coefficient (Wildman–Crippen LogP) is 4.44. The molecule has 0 fully saturated rings. The maximum absolute atomic E-state index is 13.5. The number of nitrogens with zero attached hydrogens (tertiary/aromatic N) is 2. The molecule has 1 aliphatic heterocycles. The summed E-state index contributed by atoms with van der Waals surface area (Å²) in [5.41, 5.74) is 5.12. The van der Waals surface area contributed by atoms with Crippen molar-refractivity contribution in [3.05, 3.63) is 81.8 Å². The van der Waals surface area contributed by atoms with E-state index in [2.05, 4.69) is 24.1 Å². The second-order valence-electron chi connectivity index (χ2n) is 13.5. The van der Waals surface area contributed by atoms with Gasteiger partial charge in [-0.05, 0) is 89.3 Å². The summed E-state index contributed by atoms with van der Waals surface area (Å²) in [7, 11) is 0. The van der Waals surface area contributed by atoms with Gasteiger partial charge in [0.1, 0.15) is 24.7 Å². The molecule has 10 heteroatoms. The molecule has 0 spiro atoms. The molecule has 10 nitrogen and oxygen atoms in total. The van der Waals surface area contributed by atoms with Crippen molar-refractivity contribution in [2.45, 2.75) is 73.8 Å². The molecule has 3 aliphatic rings. The van der Waals surface area contributed by atoms with Crippen molar-refractivity contribution in [3.8, 4) is 11.5 Å². The number of phenols is 1. The van der Waals surface area contributed by atoms with Crippen molar-refractivity contribution in [2.75, 3.05) is 37.7 Å². The normalized spacial score (nSPS) is 22.2. The molecule has 1 heterocycles. The molecule has 0 bridgehead atoms. The van der Waals surface area contributed by atoms with E-state index in [4.69, 9.17) is 9.47 Å². The summed E-state index contributed by atoms with van der Waals surface area (Å²) in [6.45, 7) is 17.6. The lowest BCUT2D eigenvalue weighted by Crippen LogP contribution is -2.46. The quantitative estimate of drug-likeness (QED) is 0.263. The Labute approximate surface area is 294 Å². The number of rotatable bonds is 11. The fraction of sp³-hybridized carbons (Fsp3) is 0.450. The van der Waals surface area contributed by atoms with E-state index in [1.54, 1.807) is 19.1 Å². The van der Waals surface area contributed by atoms with Crippen LogP contribution in [0.5, 0.6) is 11.5 Å². The molecule has 0 saturated carbocycles. The lowest BCUT2D eigenvalue weighted by Gasteiger charge is -2.41. The van der Waals surface area contributed by atoms with Gasteiger partial charge in [-0.2, -0.15) is 0 Å². The molecular weight excluding hydrogens is 634 g/mol. The highest BCUT2D eigenvalue weighted by Gasteiger charge is 2.43. The average molecular weight is 684 g/mol. The Morgan fingerprint density at radius 2 is 1.78 bits per heavy atom. The molecule has 266 valence electrons. The van der Waals surface area contributed by atoms with Gasteiger partial charge in [-0.1, -0.05) is 18.2 Å². The van der Waals surface area contributed by atoms with E-state index < -0.39 is 23.4 Å². The van der Waals surface area contributed by atoms with Gasteiger partial charge < -0.3 is 29.9 Å². The first-order chi connectivity index (χ1) is 23.8. The number of hydrogen-bond donors (Lipinski definition) is 2. The number of esters is 1. The van der Waals surface area contributed by atoms with E-state index in [1.165, 1.54) is 6.92 Å². The highest BCUT2D eigenvalue weighted by atomic mass is 16.6. The van der Waals surface area contributed by atoms with Crippen LogP contribution in [0.1, 0.15) is 68.9 Å². The van der Waals surface area contributed by atoms with Crippen molar-refractivity contribution in [3.63, 3.8) is 0 Å². The minimum Gasteiger partial charge on any atom is -0.874 e. The third-order valence-electron chi connectivity index (χ3n) is 10.5. The number of hydrogen-bond acceptors (Lipinski definition) is 8. The fourth-order valence-electron chi connectivity index (χ4n) is 7.19. The summed E-state index contributed by atoms with van der Waals surface area (Å²) < 4.78 is 14.0. The first-order valence-corrected chi connectivity index (χ1v) is 17.5. The molecule has 0 saturated heterocycles. The standard InChI is InChI=1S/C40H49N3O7/c1-9-42(10-2)28-14-12-27(13-15-28)33-36(46)34(37(33)47)31-17-16-29(22-32(31)41-26(7)44)43(11-3)20-21-49-39(48)40(8)19-18-30-25(6)35(45)23(4)24(5)38(30)50-40/h12-17,22,31,34H,9-11,18-21H2,1-8H3,(H2,45,46,47). The molecule has 2 N–H and O–H groups in total. The summed E-state index contributed by atoms with van der Waals surface area (Å²) in [5, 5.41) is 26.8. The van der Waals surface area contributed by atoms with Crippen LogP contribution < -0.4 is 20.1 Å². The van der Waals surface area contributed by atoms with Crippen LogP contribution >= 0.6 is 0 Å². The van der Waals surface area contributed by atoms with Gasteiger partial charge >= 0.3 is 5.97 Å². The molecule has 0 aromatic heterocycles. The largest absolute Gasteiger partial charge is 0.874 e. The van der Waals surface area contributed by atoms with Gasteiger partial charge in [0.15, 0.2) is 12.3 Å². The van der Waals surface area contributed by atoms with E-state index in [0.29, 0.717) is 42.9 Å². The van der Waals surface area contributed by atoms with Gasteiger partial charge in [-0.15, -0.1) is 5.76 Å². The minimum absolute atomic E-state index is 0.0974. The molecular formula is C40H49N3O7. The van der Waals surface area contributed by atoms with Gasteiger partial charge in [0.05, 0.1) is 0 Å². The topological polar surface area (TPSA) is 131 Å². The summed E-state index contributed by atoms with van der Waals surface area (Å²) in [4.78, 5) is 41.3. The Hall–Kier alpha value is -4.86. The molecule has 50 heavy (non-hydrogen) atoms. The van der Waals surface area contributed by atoms with E-state index >= 15 is 0 Å². The predicted molar refractivity (Wildman–Crippen MR) is 191 cm³/mol. The number of anilines is 1. The number of nitrogens with one attached hydrogen (secondary N) is 1. The highest BCUT2D eigenvalue weighted by Crippen LogP contribution is 2.44. The number of carbonyl (C=O) groups excluding carboxylic acids is 3. The number of likely N-dealkylation sites (N-methyl/N-ethyl adjacent to an activating group) is 1. The molecule has 2 aliphatic carbocycles. The number of Topliss-reactive ketones (excluding diaryl/α,β-unsaturated/α-hetero) is 1. The van der Waals surface area contributed by atoms with E-state index in [1.807, 2.05) is 62.6 Å². The second kappa shape index (κ2) is 14.5. The molecule has 3 atom stereocenters. The number of ether oxygens (including phenoxy) is 2. The van der Waals surface area contributed by atoms with Gasteiger partial charge in [-0.25, -0.2) is 9.37 Å². The Kier molecular flexibility index (Phi) is 10.6. The van der Waals surface area contributed by atoms with Crippen LogP contribution in [0, 0.1) is 32.6 Å². The van der Waals surface area contributed by atoms with Crippen LogP contribution in [0.25, 0.3) is 5.57 Å². The lowest BCUT2D eigenvalue weighted by atomic mass is 9.69.